The van der Waals surface area contributed by atoms with Gasteiger partial charge in [-0.15, -0.1) is 0 Å². The van der Waals surface area contributed by atoms with Crippen molar-refractivity contribution in [2.75, 3.05) is 13.2 Å². The zero-order valence-corrected chi connectivity index (χ0v) is 18.7. The second kappa shape index (κ2) is 13.1. The molecule has 1 aliphatic rings. The van der Waals surface area contributed by atoms with Gasteiger partial charge < -0.3 is 14.7 Å². The lowest BCUT2D eigenvalue weighted by Gasteiger charge is -2.31. The Balaban J connectivity index is 2.05. The van der Waals surface area contributed by atoms with Crippen LogP contribution in [0.15, 0.2) is 30.3 Å². The number of rotatable bonds is 13. The average Bonchev–Trinajstić information content (AvgIpc) is 3.29. The molecule has 7 nitrogen and oxygen atoms in total. The van der Waals surface area contributed by atoms with Gasteiger partial charge in [-0.3, -0.25) is 19.7 Å². The molecule has 0 radical (unpaired) electrons. The number of unbranched alkanes of at least 4 members (excludes halogenated alkanes) is 1. The van der Waals surface area contributed by atoms with Gasteiger partial charge in [-0.05, 0) is 44.6 Å². The Morgan fingerprint density at radius 3 is 2.48 bits per heavy atom. The summed E-state index contributed by atoms with van der Waals surface area (Å²) in [6.07, 6.45) is 6.53. The van der Waals surface area contributed by atoms with E-state index >= 15 is 0 Å². The molecule has 1 amide bonds. The van der Waals surface area contributed by atoms with Crippen molar-refractivity contribution in [2.45, 2.75) is 83.3 Å². The molecule has 0 aliphatic heterocycles. The van der Waals surface area contributed by atoms with Crippen molar-refractivity contribution < 1.29 is 24.2 Å². The fourth-order valence-electron chi connectivity index (χ4n) is 4.01. The zero-order valence-electron chi connectivity index (χ0n) is 18.7. The van der Waals surface area contributed by atoms with E-state index in [9.17, 15) is 19.5 Å². The van der Waals surface area contributed by atoms with Crippen LogP contribution in [0, 0.1) is 0 Å². The van der Waals surface area contributed by atoms with E-state index in [0.717, 1.165) is 44.1 Å². The Morgan fingerprint density at radius 2 is 1.87 bits per heavy atom. The van der Waals surface area contributed by atoms with Crippen molar-refractivity contribution in [1.29, 1.82) is 0 Å². The maximum Gasteiger partial charge on any atom is 0.323 e. The molecule has 0 aromatic heterocycles. The fraction of sp³-hybridized carbons (Fsp3) is 0.625. The number of carboxylic acids is 1. The summed E-state index contributed by atoms with van der Waals surface area (Å²) in [7, 11) is 0. The third-order valence-electron chi connectivity index (χ3n) is 5.77. The molecule has 0 heterocycles. The molecule has 1 saturated carbocycles. The Morgan fingerprint density at radius 1 is 1.19 bits per heavy atom. The number of nitrogens with one attached hydrogen (secondary N) is 1. The summed E-state index contributed by atoms with van der Waals surface area (Å²) in [6, 6.07) is 8.49. The molecule has 1 aromatic rings. The average molecular weight is 433 g/mol. The fourth-order valence-corrected chi connectivity index (χ4v) is 4.01. The number of amides is 1. The molecular formula is C24H36N2O5. The quantitative estimate of drug-likeness (QED) is 0.367. The topological polar surface area (TPSA) is 95.9 Å². The summed E-state index contributed by atoms with van der Waals surface area (Å²) in [6.45, 7) is 3.76. The van der Waals surface area contributed by atoms with Gasteiger partial charge in [0.25, 0.3) is 0 Å². The third-order valence-corrected chi connectivity index (χ3v) is 5.77. The summed E-state index contributed by atoms with van der Waals surface area (Å²) >= 11 is 0. The normalized spacial score (nSPS) is 15.9. The molecule has 0 saturated heterocycles. The first-order valence-corrected chi connectivity index (χ1v) is 11.4. The van der Waals surface area contributed by atoms with Gasteiger partial charge in [-0.1, -0.05) is 56.5 Å². The van der Waals surface area contributed by atoms with Crippen molar-refractivity contribution in [3.8, 4) is 0 Å². The van der Waals surface area contributed by atoms with E-state index in [1.54, 1.807) is 6.92 Å². The predicted octanol–water partition coefficient (Wildman–Crippen LogP) is 3.17. The van der Waals surface area contributed by atoms with Crippen molar-refractivity contribution in [3.05, 3.63) is 35.9 Å². The standard InChI is InChI=1S/C24H36N2O5/c1-3-4-16-31-24(30)21(15-14-19-10-6-5-7-11-19)25-18(2)23(29)26(17-22(27)28)20-12-8-9-13-20/h5-7,10-11,18,20-21,25H,3-4,8-9,12-17H2,1-2H3,(H,27,28)/t18-,21?/m0/s1. The van der Waals surface area contributed by atoms with E-state index in [1.165, 1.54) is 4.90 Å². The highest BCUT2D eigenvalue weighted by Gasteiger charge is 2.33. The number of hydrogen-bond donors (Lipinski definition) is 2. The minimum atomic E-state index is -1.02. The molecule has 1 unspecified atom stereocenters. The number of aliphatic carboxylic acids is 1. The second-order valence-electron chi connectivity index (χ2n) is 8.28. The van der Waals surface area contributed by atoms with Gasteiger partial charge in [-0.2, -0.15) is 0 Å². The number of carbonyl (C=O) groups is 3. The van der Waals surface area contributed by atoms with E-state index < -0.39 is 18.1 Å². The van der Waals surface area contributed by atoms with Crippen LogP contribution in [0.25, 0.3) is 0 Å². The van der Waals surface area contributed by atoms with Crippen LogP contribution in [0.1, 0.15) is 64.4 Å². The molecule has 2 rings (SSSR count). The number of ether oxygens (including phenoxy) is 1. The predicted molar refractivity (Wildman–Crippen MR) is 119 cm³/mol. The maximum absolute atomic E-state index is 13.1. The van der Waals surface area contributed by atoms with Crippen LogP contribution in [-0.4, -0.2) is 59.1 Å². The molecular weight excluding hydrogens is 396 g/mol. The van der Waals surface area contributed by atoms with Gasteiger partial charge in [0.05, 0.1) is 12.6 Å². The number of nitrogens with zero attached hydrogens (tertiary/aromatic N) is 1. The lowest BCUT2D eigenvalue weighted by Crippen LogP contribution is -2.54. The molecule has 1 aliphatic carbocycles. The SMILES string of the molecule is CCCCOC(=O)C(CCc1ccccc1)N[C@@H](C)C(=O)N(CC(=O)O)C1CCCC1. The van der Waals surface area contributed by atoms with Crippen LogP contribution in [0.3, 0.4) is 0 Å². The van der Waals surface area contributed by atoms with Crippen LogP contribution in [0.2, 0.25) is 0 Å². The highest BCUT2D eigenvalue weighted by molar-refractivity contribution is 5.86. The van der Waals surface area contributed by atoms with Gasteiger partial charge in [0.2, 0.25) is 5.91 Å². The maximum atomic E-state index is 13.1. The first kappa shape index (κ1) is 24.9. The highest BCUT2D eigenvalue weighted by Crippen LogP contribution is 2.24. The van der Waals surface area contributed by atoms with E-state index in [-0.39, 0.29) is 24.5 Å². The van der Waals surface area contributed by atoms with Gasteiger partial charge >= 0.3 is 11.9 Å². The molecule has 2 atom stereocenters. The molecule has 2 N–H and O–H groups in total. The van der Waals surface area contributed by atoms with E-state index in [0.29, 0.717) is 19.4 Å². The molecule has 31 heavy (non-hydrogen) atoms. The highest BCUT2D eigenvalue weighted by atomic mass is 16.5. The Labute approximate surface area is 185 Å². The summed E-state index contributed by atoms with van der Waals surface area (Å²) in [5.74, 6) is -1.66. The summed E-state index contributed by atoms with van der Waals surface area (Å²) in [4.78, 5) is 38.6. The molecule has 1 aromatic carbocycles. The molecule has 1 fully saturated rings. The summed E-state index contributed by atoms with van der Waals surface area (Å²) in [5.41, 5.74) is 1.10. The number of hydrogen-bond acceptors (Lipinski definition) is 5. The van der Waals surface area contributed by atoms with Crippen molar-refractivity contribution in [3.63, 3.8) is 0 Å². The van der Waals surface area contributed by atoms with Crippen LogP contribution in [0.5, 0.6) is 0 Å². The van der Waals surface area contributed by atoms with Crippen molar-refractivity contribution in [2.24, 2.45) is 0 Å². The van der Waals surface area contributed by atoms with E-state index in [1.807, 2.05) is 37.3 Å². The van der Waals surface area contributed by atoms with Crippen LogP contribution >= 0.6 is 0 Å². The number of aryl methyl sites for hydroxylation is 1. The number of esters is 1. The van der Waals surface area contributed by atoms with Crippen molar-refractivity contribution >= 4 is 17.8 Å². The molecule has 7 heteroatoms. The minimum Gasteiger partial charge on any atom is -0.480 e. The van der Waals surface area contributed by atoms with Gasteiger partial charge in [0, 0.05) is 6.04 Å². The Hall–Kier alpha value is -2.41. The summed E-state index contributed by atoms with van der Waals surface area (Å²) < 4.78 is 5.42. The van der Waals surface area contributed by atoms with Gasteiger partial charge in [-0.25, -0.2) is 0 Å². The smallest absolute Gasteiger partial charge is 0.323 e. The largest absolute Gasteiger partial charge is 0.480 e. The Kier molecular flexibility index (Phi) is 10.5. The third kappa shape index (κ3) is 8.32. The molecule has 0 bridgehead atoms. The zero-order chi connectivity index (χ0) is 22.6. The molecule has 172 valence electrons. The second-order valence-corrected chi connectivity index (χ2v) is 8.28. The van der Waals surface area contributed by atoms with E-state index in [4.69, 9.17) is 4.74 Å². The van der Waals surface area contributed by atoms with Crippen LogP contribution in [0.4, 0.5) is 0 Å². The first-order valence-electron chi connectivity index (χ1n) is 11.4. The van der Waals surface area contributed by atoms with Gasteiger partial charge in [0.15, 0.2) is 0 Å². The van der Waals surface area contributed by atoms with Gasteiger partial charge in [0.1, 0.15) is 12.6 Å². The van der Waals surface area contributed by atoms with Crippen LogP contribution < -0.4 is 5.32 Å². The number of carboxylic acid groups (broad SMARTS) is 1. The Bertz CT molecular complexity index is 703. The summed E-state index contributed by atoms with van der Waals surface area (Å²) in [5, 5.41) is 12.4. The lowest BCUT2D eigenvalue weighted by molar-refractivity contribution is -0.149. The molecule has 0 spiro atoms. The lowest BCUT2D eigenvalue weighted by atomic mass is 10.0. The monoisotopic (exact) mass is 432 g/mol. The van der Waals surface area contributed by atoms with Crippen LogP contribution in [-0.2, 0) is 25.5 Å². The first-order chi connectivity index (χ1) is 14.9. The van der Waals surface area contributed by atoms with E-state index in [2.05, 4.69) is 5.32 Å². The number of carbonyl (C=O) groups excluding carboxylic acids is 2. The number of benzene rings is 1. The minimum absolute atomic E-state index is 0.0490. The van der Waals surface area contributed by atoms with Crippen molar-refractivity contribution in [1.82, 2.24) is 10.2 Å².